The van der Waals surface area contributed by atoms with E-state index in [1.54, 1.807) is 0 Å². The number of nitrogen functional groups attached to an aromatic ring is 1. The van der Waals surface area contributed by atoms with Crippen molar-refractivity contribution in [2.45, 2.75) is 44.9 Å². The summed E-state index contributed by atoms with van der Waals surface area (Å²) in [5, 5.41) is 3.28. The van der Waals surface area contributed by atoms with Crippen molar-refractivity contribution in [3.05, 3.63) is 24.3 Å². The summed E-state index contributed by atoms with van der Waals surface area (Å²) in [5.41, 5.74) is 6.47. The Labute approximate surface area is 117 Å². The quantitative estimate of drug-likeness (QED) is 0.443. The van der Waals surface area contributed by atoms with Gasteiger partial charge in [0.2, 0.25) is 0 Å². The first-order valence-electron chi connectivity index (χ1n) is 6.93. The molecule has 0 atom stereocenters. The lowest BCUT2D eigenvalue weighted by Crippen LogP contribution is -2.14. The highest BCUT2D eigenvalue weighted by atomic mass is 32.2. The lowest BCUT2D eigenvalue weighted by molar-refractivity contribution is 0.662. The van der Waals surface area contributed by atoms with Crippen LogP contribution in [0, 0.1) is 0 Å². The van der Waals surface area contributed by atoms with Gasteiger partial charge in [-0.15, -0.1) is 11.8 Å². The molecule has 0 saturated heterocycles. The SMILES string of the molecule is CCCNCCC.CCCSc1cccc(N)c1. The van der Waals surface area contributed by atoms with E-state index in [1.807, 2.05) is 30.0 Å². The molecule has 1 aromatic carbocycles. The molecular weight excluding hydrogens is 240 g/mol. The van der Waals surface area contributed by atoms with Crippen LogP contribution in [-0.4, -0.2) is 18.8 Å². The topological polar surface area (TPSA) is 38.0 Å². The zero-order valence-electron chi connectivity index (χ0n) is 12.0. The van der Waals surface area contributed by atoms with Gasteiger partial charge in [0, 0.05) is 10.6 Å². The molecule has 0 heterocycles. The number of benzene rings is 1. The molecule has 0 unspecified atom stereocenters. The molecule has 0 bridgehead atoms. The van der Waals surface area contributed by atoms with Crippen LogP contribution in [0.25, 0.3) is 0 Å². The fraction of sp³-hybridized carbons (Fsp3) is 0.600. The molecule has 0 amide bonds. The number of nitrogens with one attached hydrogen (secondary N) is 1. The Morgan fingerprint density at radius 2 is 1.72 bits per heavy atom. The molecule has 3 heteroatoms. The Hall–Kier alpha value is -0.670. The molecule has 2 nitrogen and oxygen atoms in total. The summed E-state index contributed by atoms with van der Waals surface area (Å²) < 4.78 is 0. The van der Waals surface area contributed by atoms with Crippen LogP contribution < -0.4 is 11.1 Å². The van der Waals surface area contributed by atoms with Gasteiger partial charge in [0.15, 0.2) is 0 Å². The van der Waals surface area contributed by atoms with Crippen LogP contribution in [0.2, 0.25) is 0 Å². The second-order valence-corrected chi connectivity index (χ2v) is 5.34. The predicted molar refractivity (Wildman–Crippen MR) is 85.3 cm³/mol. The highest BCUT2D eigenvalue weighted by Gasteiger charge is 1.91. The number of rotatable bonds is 7. The summed E-state index contributed by atoms with van der Waals surface area (Å²) in [6, 6.07) is 8.01. The van der Waals surface area contributed by atoms with Crippen LogP contribution in [-0.2, 0) is 0 Å². The average Bonchev–Trinajstić information content (AvgIpc) is 2.38. The Balaban J connectivity index is 0.000000360. The van der Waals surface area contributed by atoms with Gasteiger partial charge in [-0.25, -0.2) is 0 Å². The highest BCUT2D eigenvalue weighted by Crippen LogP contribution is 2.20. The zero-order chi connectivity index (χ0) is 13.6. The molecule has 18 heavy (non-hydrogen) atoms. The maximum absolute atomic E-state index is 5.62. The molecule has 0 aliphatic rings. The number of nitrogens with two attached hydrogens (primary N) is 1. The van der Waals surface area contributed by atoms with Crippen molar-refractivity contribution in [2.24, 2.45) is 0 Å². The maximum atomic E-state index is 5.62. The van der Waals surface area contributed by atoms with E-state index in [0.717, 1.165) is 5.69 Å². The van der Waals surface area contributed by atoms with Crippen molar-refractivity contribution in [1.82, 2.24) is 5.32 Å². The summed E-state index contributed by atoms with van der Waals surface area (Å²) in [7, 11) is 0. The van der Waals surface area contributed by atoms with Crippen molar-refractivity contribution in [2.75, 3.05) is 24.6 Å². The van der Waals surface area contributed by atoms with Gasteiger partial charge < -0.3 is 11.1 Å². The van der Waals surface area contributed by atoms with Crippen molar-refractivity contribution in [3.8, 4) is 0 Å². The van der Waals surface area contributed by atoms with Gasteiger partial charge in [-0.1, -0.05) is 26.8 Å². The van der Waals surface area contributed by atoms with Crippen molar-refractivity contribution < 1.29 is 0 Å². The van der Waals surface area contributed by atoms with Crippen LogP contribution in [0.5, 0.6) is 0 Å². The normalized spacial score (nSPS) is 9.72. The summed E-state index contributed by atoms with van der Waals surface area (Å²) in [6.45, 7) is 8.90. The van der Waals surface area contributed by atoms with E-state index in [-0.39, 0.29) is 0 Å². The highest BCUT2D eigenvalue weighted by molar-refractivity contribution is 7.99. The number of anilines is 1. The van der Waals surface area contributed by atoms with E-state index in [1.165, 1.54) is 43.0 Å². The van der Waals surface area contributed by atoms with E-state index in [4.69, 9.17) is 5.73 Å². The van der Waals surface area contributed by atoms with Crippen LogP contribution in [0.15, 0.2) is 29.2 Å². The molecule has 1 aromatic rings. The van der Waals surface area contributed by atoms with Gasteiger partial charge in [-0.05, 0) is 56.3 Å². The van der Waals surface area contributed by atoms with Gasteiger partial charge in [0.1, 0.15) is 0 Å². The second kappa shape index (κ2) is 12.8. The molecule has 0 aliphatic heterocycles. The minimum Gasteiger partial charge on any atom is -0.399 e. The molecule has 3 N–H and O–H groups in total. The van der Waals surface area contributed by atoms with E-state index < -0.39 is 0 Å². The van der Waals surface area contributed by atoms with Gasteiger partial charge in [-0.2, -0.15) is 0 Å². The van der Waals surface area contributed by atoms with Crippen LogP contribution >= 0.6 is 11.8 Å². The lowest BCUT2D eigenvalue weighted by atomic mass is 10.3. The monoisotopic (exact) mass is 268 g/mol. The van der Waals surface area contributed by atoms with Gasteiger partial charge in [-0.3, -0.25) is 0 Å². The fourth-order valence-electron chi connectivity index (χ4n) is 1.30. The Morgan fingerprint density at radius 3 is 2.22 bits per heavy atom. The fourth-order valence-corrected chi connectivity index (χ4v) is 2.14. The predicted octanol–water partition coefficient (Wildman–Crippen LogP) is 4.17. The van der Waals surface area contributed by atoms with E-state index in [0.29, 0.717) is 0 Å². The van der Waals surface area contributed by atoms with Crippen molar-refractivity contribution in [1.29, 1.82) is 0 Å². The third kappa shape index (κ3) is 10.5. The summed E-state index contributed by atoms with van der Waals surface area (Å²) in [5.74, 6) is 1.17. The smallest absolute Gasteiger partial charge is 0.0325 e. The summed E-state index contributed by atoms with van der Waals surface area (Å²) in [6.07, 6.45) is 3.71. The third-order valence-electron chi connectivity index (χ3n) is 2.18. The number of hydrogen-bond donors (Lipinski definition) is 2. The molecule has 0 aromatic heterocycles. The van der Waals surface area contributed by atoms with E-state index >= 15 is 0 Å². The zero-order valence-corrected chi connectivity index (χ0v) is 12.9. The molecular formula is C15H28N2S. The first-order valence-corrected chi connectivity index (χ1v) is 7.92. The summed E-state index contributed by atoms with van der Waals surface area (Å²) in [4.78, 5) is 1.27. The maximum Gasteiger partial charge on any atom is 0.0325 e. The lowest BCUT2D eigenvalue weighted by Gasteiger charge is -1.99. The van der Waals surface area contributed by atoms with Crippen LogP contribution in [0.1, 0.15) is 40.0 Å². The summed E-state index contributed by atoms with van der Waals surface area (Å²) >= 11 is 1.85. The Kier molecular flexibility index (Phi) is 12.3. The molecule has 104 valence electrons. The van der Waals surface area contributed by atoms with Crippen LogP contribution in [0.3, 0.4) is 0 Å². The Bertz CT molecular complexity index is 286. The van der Waals surface area contributed by atoms with Gasteiger partial charge in [0.05, 0.1) is 0 Å². The van der Waals surface area contributed by atoms with Gasteiger partial charge >= 0.3 is 0 Å². The molecule has 0 saturated carbocycles. The van der Waals surface area contributed by atoms with E-state index in [2.05, 4.69) is 32.2 Å². The molecule has 0 fully saturated rings. The van der Waals surface area contributed by atoms with Crippen molar-refractivity contribution >= 4 is 17.4 Å². The minimum atomic E-state index is 0.853. The molecule has 1 rings (SSSR count). The standard InChI is InChI=1S/C9H13NS.C6H15N/c1-2-6-11-9-5-3-4-8(10)7-9;1-3-5-7-6-4-2/h3-5,7H,2,6,10H2,1H3;7H,3-6H2,1-2H3. The Morgan fingerprint density at radius 1 is 1.06 bits per heavy atom. The number of hydrogen-bond acceptors (Lipinski definition) is 3. The number of thioether (sulfide) groups is 1. The first-order chi connectivity index (χ1) is 8.74. The second-order valence-electron chi connectivity index (χ2n) is 4.17. The largest absolute Gasteiger partial charge is 0.399 e. The molecule has 0 aliphatic carbocycles. The van der Waals surface area contributed by atoms with Crippen LogP contribution in [0.4, 0.5) is 5.69 Å². The average molecular weight is 268 g/mol. The first kappa shape index (κ1) is 17.3. The third-order valence-corrected chi connectivity index (χ3v) is 3.38. The van der Waals surface area contributed by atoms with Crippen molar-refractivity contribution in [3.63, 3.8) is 0 Å². The van der Waals surface area contributed by atoms with E-state index in [9.17, 15) is 0 Å². The van der Waals surface area contributed by atoms with Gasteiger partial charge in [0.25, 0.3) is 0 Å². The molecule has 0 spiro atoms. The molecule has 0 radical (unpaired) electrons. The minimum absolute atomic E-state index is 0.853.